The Balaban J connectivity index is 1.85. The lowest BCUT2D eigenvalue weighted by molar-refractivity contribution is -0.123. The average molecular weight is 361 g/mol. The van der Waals surface area contributed by atoms with Gasteiger partial charge in [0.1, 0.15) is 5.75 Å². The molecule has 2 aromatic carbocycles. The Labute approximate surface area is 138 Å². The fourth-order valence-electron chi connectivity index (χ4n) is 1.72. The molecule has 2 aromatic rings. The number of carbonyl (C=O) groups excluding carboxylic acids is 1. The van der Waals surface area contributed by atoms with Crippen molar-refractivity contribution >= 4 is 27.5 Å². The number of amides is 1. The van der Waals surface area contributed by atoms with E-state index in [1.54, 1.807) is 0 Å². The standard InChI is InChI=1S/C17H17BrN2O2/c1-12-3-9-16(10-4-12)22-11-17(21)20-19-13(2)14-5-7-15(18)8-6-14/h3-10H,11H2,1-2H3,(H,20,21). The summed E-state index contributed by atoms with van der Waals surface area (Å²) in [5.74, 6) is 0.367. The van der Waals surface area contributed by atoms with Gasteiger partial charge in [-0.3, -0.25) is 4.79 Å². The largest absolute Gasteiger partial charge is 0.484 e. The molecule has 0 aliphatic carbocycles. The Kier molecular flexibility index (Phi) is 5.72. The second kappa shape index (κ2) is 7.75. The summed E-state index contributed by atoms with van der Waals surface area (Å²) in [5, 5.41) is 4.07. The van der Waals surface area contributed by atoms with E-state index in [0.29, 0.717) is 5.75 Å². The maximum atomic E-state index is 11.7. The maximum Gasteiger partial charge on any atom is 0.277 e. The number of halogens is 1. The summed E-state index contributed by atoms with van der Waals surface area (Å²) in [6.45, 7) is 3.76. The molecule has 5 heteroatoms. The van der Waals surface area contributed by atoms with Crippen LogP contribution in [-0.2, 0) is 4.79 Å². The van der Waals surface area contributed by atoms with Crippen molar-refractivity contribution in [2.24, 2.45) is 5.10 Å². The van der Waals surface area contributed by atoms with Crippen molar-refractivity contribution in [3.63, 3.8) is 0 Å². The molecule has 0 aromatic heterocycles. The number of rotatable bonds is 5. The summed E-state index contributed by atoms with van der Waals surface area (Å²) < 4.78 is 6.39. The number of hydrogen-bond donors (Lipinski definition) is 1. The highest BCUT2D eigenvalue weighted by Gasteiger charge is 2.03. The molecule has 0 radical (unpaired) electrons. The van der Waals surface area contributed by atoms with E-state index < -0.39 is 0 Å². The van der Waals surface area contributed by atoms with Crippen LogP contribution >= 0.6 is 15.9 Å². The number of nitrogens with one attached hydrogen (secondary N) is 1. The van der Waals surface area contributed by atoms with Gasteiger partial charge in [-0.1, -0.05) is 45.8 Å². The number of hydrogen-bond acceptors (Lipinski definition) is 3. The molecule has 0 atom stereocenters. The van der Waals surface area contributed by atoms with Crippen LogP contribution < -0.4 is 10.2 Å². The van der Waals surface area contributed by atoms with Gasteiger partial charge in [-0.25, -0.2) is 5.43 Å². The van der Waals surface area contributed by atoms with Crippen molar-refractivity contribution in [1.82, 2.24) is 5.43 Å². The molecule has 2 rings (SSSR count). The molecule has 114 valence electrons. The van der Waals surface area contributed by atoms with Gasteiger partial charge in [0.15, 0.2) is 6.61 Å². The number of nitrogens with zero attached hydrogens (tertiary/aromatic N) is 1. The smallest absolute Gasteiger partial charge is 0.277 e. The van der Waals surface area contributed by atoms with E-state index >= 15 is 0 Å². The highest BCUT2D eigenvalue weighted by molar-refractivity contribution is 9.10. The lowest BCUT2D eigenvalue weighted by Crippen LogP contribution is -2.25. The Morgan fingerprint density at radius 3 is 2.41 bits per heavy atom. The van der Waals surface area contributed by atoms with Crippen molar-refractivity contribution in [1.29, 1.82) is 0 Å². The summed E-state index contributed by atoms with van der Waals surface area (Å²) in [6, 6.07) is 15.2. The van der Waals surface area contributed by atoms with Gasteiger partial charge in [0.25, 0.3) is 5.91 Å². The number of aryl methyl sites for hydroxylation is 1. The molecule has 0 unspecified atom stereocenters. The molecular weight excluding hydrogens is 344 g/mol. The molecule has 0 aliphatic heterocycles. The fraction of sp³-hybridized carbons (Fsp3) is 0.176. The van der Waals surface area contributed by atoms with Crippen LogP contribution in [-0.4, -0.2) is 18.2 Å². The fourth-order valence-corrected chi connectivity index (χ4v) is 1.98. The molecule has 0 saturated heterocycles. The van der Waals surface area contributed by atoms with Gasteiger partial charge in [0, 0.05) is 4.47 Å². The van der Waals surface area contributed by atoms with Crippen molar-refractivity contribution < 1.29 is 9.53 Å². The molecule has 0 spiro atoms. The zero-order valence-electron chi connectivity index (χ0n) is 12.5. The highest BCUT2D eigenvalue weighted by atomic mass is 79.9. The molecule has 22 heavy (non-hydrogen) atoms. The Hall–Kier alpha value is -2.14. The minimum Gasteiger partial charge on any atom is -0.484 e. The molecular formula is C17H17BrN2O2. The SMILES string of the molecule is CC(=NNC(=O)COc1ccc(C)cc1)c1ccc(Br)cc1. The molecule has 0 fully saturated rings. The number of carbonyl (C=O) groups is 1. The number of hydrazone groups is 1. The van der Waals surface area contributed by atoms with Gasteiger partial charge in [0.2, 0.25) is 0 Å². The van der Waals surface area contributed by atoms with Crippen molar-refractivity contribution in [3.8, 4) is 5.75 Å². The van der Waals surface area contributed by atoms with Crippen LogP contribution in [0.15, 0.2) is 58.1 Å². The first-order valence-corrected chi connectivity index (χ1v) is 7.62. The van der Waals surface area contributed by atoms with Crippen LogP contribution in [0.4, 0.5) is 0 Å². The molecule has 1 amide bonds. The van der Waals surface area contributed by atoms with Crippen molar-refractivity contribution in [3.05, 3.63) is 64.1 Å². The third kappa shape index (κ3) is 5.00. The number of benzene rings is 2. The van der Waals surface area contributed by atoms with E-state index in [1.165, 1.54) is 0 Å². The van der Waals surface area contributed by atoms with E-state index in [9.17, 15) is 4.79 Å². The zero-order valence-corrected chi connectivity index (χ0v) is 14.1. The first-order valence-electron chi connectivity index (χ1n) is 6.83. The van der Waals surface area contributed by atoms with Crippen LogP contribution in [0.1, 0.15) is 18.1 Å². The molecule has 0 heterocycles. The van der Waals surface area contributed by atoms with E-state index in [1.807, 2.05) is 62.4 Å². The topological polar surface area (TPSA) is 50.7 Å². The minimum absolute atomic E-state index is 0.0693. The highest BCUT2D eigenvalue weighted by Crippen LogP contribution is 2.12. The minimum atomic E-state index is -0.294. The van der Waals surface area contributed by atoms with Crippen molar-refractivity contribution in [2.45, 2.75) is 13.8 Å². The lowest BCUT2D eigenvalue weighted by atomic mass is 10.1. The average Bonchev–Trinajstić information content (AvgIpc) is 2.52. The second-order valence-electron chi connectivity index (χ2n) is 4.84. The van der Waals surface area contributed by atoms with Gasteiger partial charge in [-0.15, -0.1) is 0 Å². The van der Waals surface area contributed by atoms with Gasteiger partial charge in [0.05, 0.1) is 5.71 Å². The van der Waals surface area contributed by atoms with Crippen LogP contribution in [0.2, 0.25) is 0 Å². The van der Waals surface area contributed by atoms with E-state index in [-0.39, 0.29) is 12.5 Å². The summed E-state index contributed by atoms with van der Waals surface area (Å²) in [4.78, 5) is 11.7. The Bertz CT molecular complexity index is 664. The van der Waals surface area contributed by atoms with Crippen LogP contribution in [0.5, 0.6) is 5.75 Å². The van der Waals surface area contributed by atoms with Crippen LogP contribution in [0.25, 0.3) is 0 Å². The lowest BCUT2D eigenvalue weighted by Gasteiger charge is -2.06. The zero-order chi connectivity index (χ0) is 15.9. The van der Waals surface area contributed by atoms with Gasteiger partial charge in [-0.2, -0.15) is 5.10 Å². The van der Waals surface area contributed by atoms with E-state index in [2.05, 4.69) is 26.5 Å². The maximum absolute atomic E-state index is 11.7. The van der Waals surface area contributed by atoms with Gasteiger partial charge >= 0.3 is 0 Å². The molecule has 1 N–H and O–H groups in total. The number of ether oxygens (including phenoxy) is 1. The monoisotopic (exact) mass is 360 g/mol. The van der Waals surface area contributed by atoms with E-state index in [4.69, 9.17) is 4.74 Å². The Morgan fingerprint density at radius 2 is 1.77 bits per heavy atom. The summed E-state index contributed by atoms with van der Waals surface area (Å²) in [6.07, 6.45) is 0. The quantitative estimate of drug-likeness (QED) is 0.653. The third-order valence-electron chi connectivity index (χ3n) is 3.00. The molecule has 0 aliphatic rings. The second-order valence-corrected chi connectivity index (χ2v) is 5.76. The first-order chi connectivity index (χ1) is 10.5. The first kappa shape index (κ1) is 16.2. The van der Waals surface area contributed by atoms with Crippen LogP contribution in [0, 0.1) is 6.92 Å². The third-order valence-corrected chi connectivity index (χ3v) is 3.53. The van der Waals surface area contributed by atoms with Crippen molar-refractivity contribution in [2.75, 3.05) is 6.61 Å². The summed E-state index contributed by atoms with van der Waals surface area (Å²) >= 11 is 3.38. The van der Waals surface area contributed by atoms with Gasteiger partial charge in [-0.05, 0) is 43.7 Å². The van der Waals surface area contributed by atoms with E-state index in [0.717, 1.165) is 21.3 Å². The van der Waals surface area contributed by atoms with Gasteiger partial charge < -0.3 is 4.74 Å². The summed E-state index contributed by atoms with van der Waals surface area (Å²) in [7, 11) is 0. The molecule has 4 nitrogen and oxygen atoms in total. The van der Waals surface area contributed by atoms with Crippen LogP contribution in [0.3, 0.4) is 0 Å². The summed E-state index contributed by atoms with van der Waals surface area (Å²) in [5.41, 5.74) is 5.31. The normalized spacial score (nSPS) is 11.1. The predicted molar refractivity (Wildman–Crippen MR) is 91.2 cm³/mol. The Morgan fingerprint density at radius 1 is 1.14 bits per heavy atom. The molecule has 0 bridgehead atoms. The predicted octanol–water partition coefficient (Wildman–Crippen LogP) is 3.68. The molecule has 0 saturated carbocycles.